The Morgan fingerprint density at radius 2 is 1.80 bits per heavy atom. The summed E-state index contributed by atoms with van der Waals surface area (Å²) in [4.78, 5) is 53.1. The fourth-order valence-corrected chi connectivity index (χ4v) is 5.19. The van der Waals surface area contributed by atoms with Crippen LogP contribution in [0.15, 0.2) is 78.4 Å². The first kappa shape index (κ1) is 28.1. The molecule has 12 heteroatoms. The molecule has 0 saturated carbocycles. The van der Waals surface area contributed by atoms with Gasteiger partial charge in [0, 0.05) is 58.3 Å². The number of aromatic nitrogens is 6. The molecule has 0 radical (unpaired) electrons. The van der Waals surface area contributed by atoms with Crippen LogP contribution < -0.4 is 10.9 Å². The van der Waals surface area contributed by atoms with Gasteiger partial charge in [0.05, 0.1) is 28.7 Å². The Hall–Kier alpha value is -4.48. The van der Waals surface area contributed by atoms with E-state index in [1.807, 2.05) is 18.2 Å². The van der Waals surface area contributed by atoms with Crippen LogP contribution in [0.1, 0.15) is 40.8 Å². The average Bonchev–Trinajstić information content (AvgIpc) is 3.58. The maximum absolute atomic E-state index is 13.5. The summed E-state index contributed by atoms with van der Waals surface area (Å²) in [6.07, 6.45) is 7.45. The predicted octanol–water partition coefficient (Wildman–Crippen LogP) is 5.46. The van der Waals surface area contributed by atoms with E-state index in [0.717, 1.165) is 4.88 Å². The van der Waals surface area contributed by atoms with Crippen molar-refractivity contribution in [1.82, 2.24) is 29.3 Å². The van der Waals surface area contributed by atoms with Crippen molar-refractivity contribution >= 4 is 40.4 Å². The van der Waals surface area contributed by atoms with E-state index in [0.29, 0.717) is 39.2 Å². The fourth-order valence-electron chi connectivity index (χ4n) is 4.17. The summed E-state index contributed by atoms with van der Waals surface area (Å²) in [6, 6.07) is 12.1. The molecule has 0 amide bonds. The molecule has 0 saturated heterocycles. The molecule has 5 aromatic rings. The number of carbonyl (C=O) groups excluding carboxylic acids is 2. The van der Waals surface area contributed by atoms with E-state index >= 15 is 0 Å². The van der Waals surface area contributed by atoms with Gasteiger partial charge in [-0.05, 0) is 24.3 Å². The van der Waals surface area contributed by atoms with Gasteiger partial charge in [0.2, 0.25) is 0 Å². The molecule has 0 aliphatic carbocycles. The van der Waals surface area contributed by atoms with Gasteiger partial charge in [0.1, 0.15) is 17.8 Å². The van der Waals surface area contributed by atoms with Crippen molar-refractivity contribution in [2.75, 3.05) is 5.32 Å². The summed E-state index contributed by atoms with van der Waals surface area (Å²) in [5, 5.41) is 7.99. The van der Waals surface area contributed by atoms with Crippen LogP contribution in [0.5, 0.6) is 0 Å². The van der Waals surface area contributed by atoms with Crippen LogP contribution in [0.2, 0.25) is 4.34 Å². The Kier molecular flexibility index (Phi) is 7.91. The minimum Gasteiger partial charge on any atom is -0.365 e. The maximum Gasteiger partial charge on any atom is 0.254 e. The molecule has 0 aliphatic heterocycles. The summed E-state index contributed by atoms with van der Waals surface area (Å²) in [7, 11) is 0. The van der Waals surface area contributed by atoms with Gasteiger partial charge >= 0.3 is 0 Å². The lowest BCUT2D eigenvalue weighted by molar-refractivity contribution is 0.0752. The third-order valence-electron chi connectivity index (χ3n) is 6.20. The van der Waals surface area contributed by atoms with E-state index in [1.54, 1.807) is 51.4 Å². The normalized spacial score (nSPS) is 11.4. The van der Waals surface area contributed by atoms with Crippen LogP contribution in [-0.4, -0.2) is 41.0 Å². The Morgan fingerprint density at radius 1 is 1.02 bits per heavy atom. The summed E-state index contributed by atoms with van der Waals surface area (Å²) >= 11 is 7.53. The first-order valence-electron chi connectivity index (χ1n) is 12.7. The standard InChI is InChI=1S/C29H26ClN7O3S/c1-29(2,3)28(40)37-25(34-15-20-6-8-24(30)41-20)11-22(35-37)27-21(18-5-4-10-31-12-18)7-9-26(39)36(27)16-23(38)19-13-32-17-33-14-19/h4-14,17,34H,15-16H2,1-3H3. The largest absolute Gasteiger partial charge is 0.365 e. The fraction of sp³-hybridized carbons (Fsp3) is 0.207. The van der Waals surface area contributed by atoms with Gasteiger partial charge < -0.3 is 5.32 Å². The SMILES string of the molecule is CC(C)(C)C(=O)n1nc(-c2c(-c3cccnc3)ccc(=O)n2CC(=O)c2cncnc2)cc1NCc1ccc(Cl)s1. The van der Waals surface area contributed by atoms with Crippen molar-refractivity contribution in [2.24, 2.45) is 5.41 Å². The lowest BCUT2D eigenvalue weighted by Gasteiger charge is -2.18. The van der Waals surface area contributed by atoms with Gasteiger partial charge in [-0.15, -0.1) is 11.3 Å². The third kappa shape index (κ3) is 6.16. The second-order valence-corrected chi connectivity index (χ2v) is 12.1. The summed E-state index contributed by atoms with van der Waals surface area (Å²) in [6.45, 7) is 5.54. The van der Waals surface area contributed by atoms with Crippen LogP contribution in [0.25, 0.3) is 22.5 Å². The molecule has 0 fully saturated rings. The quantitative estimate of drug-likeness (QED) is 0.237. The highest BCUT2D eigenvalue weighted by molar-refractivity contribution is 7.16. The Morgan fingerprint density at radius 3 is 2.46 bits per heavy atom. The number of ketones is 1. The summed E-state index contributed by atoms with van der Waals surface area (Å²) < 4.78 is 3.32. The number of anilines is 1. The Labute approximate surface area is 244 Å². The van der Waals surface area contributed by atoms with Gasteiger partial charge in [0.25, 0.3) is 11.5 Å². The molecule has 5 heterocycles. The van der Waals surface area contributed by atoms with Crippen molar-refractivity contribution < 1.29 is 9.59 Å². The first-order valence-corrected chi connectivity index (χ1v) is 13.9. The zero-order valence-corrected chi connectivity index (χ0v) is 24.1. The zero-order valence-electron chi connectivity index (χ0n) is 22.5. The number of thiophene rings is 1. The van der Waals surface area contributed by atoms with Gasteiger partial charge in [-0.3, -0.25) is 23.9 Å². The first-order chi connectivity index (χ1) is 19.6. The molecule has 10 nitrogen and oxygen atoms in total. The average molecular weight is 588 g/mol. The Balaban J connectivity index is 1.68. The monoisotopic (exact) mass is 587 g/mol. The molecule has 5 aromatic heterocycles. The number of carbonyl (C=O) groups is 2. The third-order valence-corrected chi connectivity index (χ3v) is 7.43. The lowest BCUT2D eigenvalue weighted by Crippen LogP contribution is -2.29. The van der Waals surface area contributed by atoms with Gasteiger partial charge in [0.15, 0.2) is 5.78 Å². The predicted molar refractivity (Wildman–Crippen MR) is 158 cm³/mol. The smallest absolute Gasteiger partial charge is 0.254 e. The Bertz CT molecular complexity index is 1770. The van der Waals surface area contributed by atoms with E-state index in [2.05, 4.69) is 20.3 Å². The minimum atomic E-state index is -0.752. The second-order valence-electron chi connectivity index (χ2n) is 10.3. The van der Waals surface area contributed by atoms with E-state index in [4.69, 9.17) is 16.7 Å². The number of halogens is 1. The summed E-state index contributed by atoms with van der Waals surface area (Å²) in [5.41, 5.74) is 1.16. The molecule has 0 aromatic carbocycles. The van der Waals surface area contributed by atoms with Crippen LogP contribution in [0.3, 0.4) is 0 Å². The van der Waals surface area contributed by atoms with Gasteiger partial charge in [-0.2, -0.15) is 9.78 Å². The van der Waals surface area contributed by atoms with Crippen LogP contribution >= 0.6 is 22.9 Å². The summed E-state index contributed by atoms with van der Waals surface area (Å²) in [5.74, 6) is -0.164. The molecule has 41 heavy (non-hydrogen) atoms. The van der Waals surface area contributed by atoms with E-state index in [1.165, 1.54) is 45.4 Å². The highest BCUT2D eigenvalue weighted by Crippen LogP contribution is 2.33. The molecule has 208 valence electrons. The van der Waals surface area contributed by atoms with Crippen molar-refractivity contribution in [3.05, 3.63) is 98.7 Å². The van der Waals surface area contributed by atoms with Gasteiger partial charge in [-0.1, -0.05) is 38.4 Å². The van der Waals surface area contributed by atoms with E-state index in [-0.39, 0.29) is 23.8 Å². The molecule has 0 aliphatic rings. The maximum atomic E-state index is 13.5. The number of nitrogens with zero attached hydrogens (tertiary/aromatic N) is 6. The van der Waals surface area contributed by atoms with Crippen LogP contribution in [-0.2, 0) is 13.1 Å². The zero-order chi connectivity index (χ0) is 29.1. The number of hydrogen-bond acceptors (Lipinski definition) is 9. The van der Waals surface area contributed by atoms with E-state index < -0.39 is 11.0 Å². The molecule has 0 atom stereocenters. The highest BCUT2D eigenvalue weighted by atomic mass is 35.5. The number of hydrogen-bond donors (Lipinski definition) is 1. The molecule has 0 spiro atoms. The molecular weight excluding hydrogens is 562 g/mol. The lowest BCUT2D eigenvalue weighted by atomic mass is 9.96. The number of Topliss-reactive ketones (excluding diaryl/α,β-unsaturated/α-hetero) is 1. The van der Waals surface area contributed by atoms with Gasteiger partial charge in [-0.25, -0.2) is 9.97 Å². The number of nitrogens with one attached hydrogen (secondary N) is 1. The van der Waals surface area contributed by atoms with Crippen molar-refractivity contribution in [3.63, 3.8) is 0 Å². The number of rotatable bonds is 8. The molecule has 1 N–H and O–H groups in total. The topological polar surface area (TPSA) is 125 Å². The van der Waals surface area contributed by atoms with Crippen molar-refractivity contribution in [3.8, 4) is 22.5 Å². The van der Waals surface area contributed by atoms with E-state index in [9.17, 15) is 14.4 Å². The van der Waals surface area contributed by atoms with Crippen molar-refractivity contribution in [2.45, 2.75) is 33.9 Å². The second kappa shape index (κ2) is 11.6. The van der Waals surface area contributed by atoms with Crippen molar-refractivity contribution in [1.29, 1.82) is 0 Å². The molecule has 0 unspecified atom stereocenters. The van der Waals surface area contributed by atoms with Crippen LogP contribution in [0.4, 0.5) is 5.82 Å². The van der Waals surface area contributed by atoms with Crippen LogP contribution in [0, 0.1) is 5.41 Å². The highest BCUT2D eigenvalue weighted by Gasteiger charge is 2.28. The molecule has 5 rings (SSSR count). The molecule has 0 bridgehead atoms. The minimum absolute atomic E-state index is 0.249. The number of pyridine rings is 2. The molecular formula is C29H26ClN7O3S.